The molecule has 0 aromatic carbocycles. The van der Waals surface area contributed by atoms with E-state index in [-0.39, 0.29) is 12.5 Å². The molecule has 0 bridgehead atoms. The van der Waals surface area contributed by atoms with E-state index in [1.54, 1.807) is 0 Å². The van der Waals surface area contributed by atoms with E-state index in [9.17, 15) is 20.1 Å². The van der Waals surface area contributed by atoms with Crippen LogP contribution in [0, 0.1) is 0 Å². The fraction of sp³-hybridized carbons (Fsp3) is 0.844. The smallest absolute Gasteiger partial charge is 0.220 e. The summed E-state index contributed by atoms with van der Waals surface area (Å²) >= 11 is 0. The van der Waals surface area contributed by atoms with Crippen LogP contribution >= 0.6 is 0 Å². The lowest BCUT2D eigenvalue weighted by atomic mass is 10.0. The lowest BCUT2D eigenvalue weighted by Gasteiger charge is -2.26. The van der Waals surface area contributed by atoms with E-state index in [0.29, 0.717) is 12.8 Å². The van der Waals surface area contributed by atoms with Crippen LogP contribution in [0.1, 0.15) is 149 Å². The van der Waals surface area contributed by atoms with Gasteiger partial charge >= 0.3 is 0 Å². The Labute approximate surface area is 229 Å². The molecule has 0 heterocycles. The van der Waals surface area contributed by atoms with Gasteiger partial charge in [0.15, 0.2) is 0 Å². The van der Waals surface area contributed by atoms with E-state index >= 15 is 0 Å². The molecule has 0 aliphatic carbocycles. The zero-order chi connectivity index (χ0) is 27.4. The van der Waals surface area contributed by atoms with Gasteiger partial charge in [-0.3, -0.25) is 4.79 Å². The highest BCUT2D eigenvalue weighted by Gasteiger charge is 2.26. The molecule has 5 nitrogen and oxygen atoms in total. The zero-order valence-electron chi connectivity index (χ0n) is 24.3. The summed E-state index contributed by atoms with van der Waals surface area (Å²) in [5.41, 5.74) is 0. The molecule has 218 valence electrons. The first-order valence-electron chi connectivity index (χ1n) is 15.6. The van der Waals surface area contributed by atoms with Crippen molar-refractivity contribution in [2.75, 3.05) is 6.61 Å². The molecular formula is C32H61NO4. The Balaban J connectivity index is 3.84. The molecule has 3 atom stereocenters. The van der Waals surface area contributed by atoms with E-state index in [1.807, 2.05) is 0 Å². The monoisotopic (exact) mass is 523 g/mol. The molecule has 3 unspecified atom stereocenters. The number of carbonyl (C=O) groups is 1. The third-order valence-corrected chi connectivity index (χ3v) is 7.03. The molecule has 1 amide bonds. The number of nitrogens with one attached hydrogen (secondary N) is 1. The molecule has 37 heavy (non-hydrogen) atoms. The van der Waals surface area contributed by atoms with Gasteiger partial charge in [0.25, 0.3) is 0 Å². The highest BCUT2D eigenvalue weighted by molar-refractivity contribution is 5.76. The number of aliphatic hydroxyl groups is 3. The fourth-order valence-electron chi connectivity index (χ4n) is 4.51. The number of unbranched alkanes of at least 4 members (excludes halogenated alkanes) is 15. The van der Waals surface area contributed by atoms with Crippen molar-refractivity contribution in [1.82, 2.24) is 5.32 Å². The van der Waals surface area contributed by atoms with Gasteiger partial charge in [0, 0.05) is 6.42 Å². The Hall–Kier alpha value is -1.17. The van der Waals surface area contributed by atoms with E-state index < -0.39 is 18.2 Å². The topological polar surface area (TPSA) is 89.8 Å². The number of aliphatic hydroxyl groups excluding tert-OH is 3. The maximum Gasteiger partial charge on any atom is 0.220 e. The Morgan fingerprint density at radius 3 is 1.57 bits per heavy atom. The highest BCUT2D eigenvalue weighted by atomic mass is 16.3. The van der Waals surface area contributed by atoms with Gasteiger partial charge in [-0.05, 0) is 64.2 Å². The lowest BCUT2D eigenvalue weighted by Crippen LogP contribution is -2.50. The molecule has 0 aliphatic rings. The Bertz CT molecular complexity index is 549. The summed E-state index contributed by atoms with van der Waals surface area (Å²) in [5.74, 6) is -0.175. The van der Waals surface area contributed by atoms with Crippen molar-refractivity contribution in [3.05, 3.63) is 24.3 Å². The van der Waals surface area contributed by atoms with Crippen molar-refractivity contribution in [2.24, 2.45) is 0 Å². The summed E-state index contributed by atoms with van der Waals surface area (Å²) < 4.78 is 0. The minimum atomic E-state index is -1.16. The van der Waals surface area contributed by atoms with Gasteiger partial charge < -0.3 is 20.6 Å². The number of amides is 1. The molecule has 0 radical (unpaired) electrons. The van der Waals surface area contributed by atoms with Crippen molar-refractivity contribution >= 4 is 5.91 Å². The van der Waals surface area contributed by atoms with Gasteiger partial charge in [0.2, 0.25) is 5.91 Å². The van der Waals surface area contributed by atoms with Gasteiger partial charge in [0.05, 0.1) is 18.8 Å². The molecule has 0 fully saturated rings. The van der Waals surface area contributed by atoms with Gasteiger partial charge in [-0.2, -0.15) is 0 Å². The number of carbonyl (C=O) groups excluding carboxylic acids is 1. The third-order valence-electron chi connectivity index (χ3n) is 7.03. The molecule has 0 aliphatic heterocycles. The van der Waals surface area contributed by atoms with E-state index in [2.05, 4.69) is 43.5 Å². The molecule has 0 aromatic rings. The average molecular weight is 524 g/mol. The molecule has 5 heteroatoms. The molecule has 0 saturated heterocycles. The van der Waals surface area contributed by atoms with Crippen LogP contribution < -0.4 is 5.32 Å². The van der Waals surface area contributed by atoms with Crippen LogP contribution in [0.5, 0.6) is 0 Å². The first-order chi connectivity index (χ1) is 18.1. The molecule has 0 rings (SSSR count). The maximum absolute atomic E-state index is 12.2. The Morgan fingerprint density at radius 1 is 0.649 bits per heavy atom. The van der Waals surface area contributed by atoms with Gasteiger partial charge in [0.1, 0.15) is 6.10 Å². The number of hydrogen-bond acceptors (Lipinski definition) is 4. The second-order valence-electron chi connectivity index (χ2n) is 10.6. The van der Waals surface area contributed by atoms with Crippen molar-refractivity contribution in [3.8, 4) is 0 Å². The van der Waals surface area contributed by atoms with Crippen LogP contribution in [-0.2, 0) is 4.79 Å². The summed E-state index contributed by atoms with van der Waals surface area (Å²) in [6.45, 7) is 4.09. The predicted molar refractivity (Wildman–Crippen MR) is 158 cm³/mol. The van der Waals surface area contributed by atoms with Crippen molar-refractivity contribution in [3.63, 3.8) is 0 Å². The SMILES string of the molecule is CCCCCCC/C=C/CCCC(O)C(O)C(CO)NC(=O)CCCCC/C=C\CCCCCCCC. The number of hydrogen-bond donors (Lipinski definition) is 4. The largest absolute Gasteiger partial charge is 0.394 e. The van der Waals surface area contributed by atoms with E-state index in [1.165, 1.54) is 77.0 Å². The Kier molecular flexibility index (Phi) is 27.0. The second kappa shape index (κ2) is 27.9. The molecule has 0 saturated carbocycles. The standard InChI is InChI=1S/C32H61NO4/c1-3-5-7-9-11-13-15-16-17-19-21-23-25-27-31(36)33-29(28-34)32(37)30(35)26-24-22-20-18-14-12-10-8-6-4-2/h16-18,20,29-30,32,34-35,37H,3-15,19,21-28H2,1-2H3,(H,33,36)/b17-16-,20-18+. The first kappa shape index (κ1) is 35.8. The molecule has 0 aromatic heterocycles. The minimum absolute atomic E-state index is 0.175. The van der Waals surface area contributed by atoms with Crippen molar-refractivity contribution < 1.29 is 20.1 Å². The summed E-state index contributed by atoms with van der Waals surface area (Å²) in [6, 6.07) is -0.828. The predicted octanol–water partition coefficient (Wildman–Crippen LogP) is 7.53. The minimum Gasteiger partial charge on any atom is -0.394 e. The van der Waals surface area contributed by atoms with E-state index in [0.717, 1.165) is 44.9 Å². The maximum atomic E-state index is 12.2. The van der Waals surface area contributed by atoms with Crippen LogP contribution in [-0.4, -0.2) is 46.1 Å². The first-order valence-corrected chi connectivity index (χ1v) is 15.6. The average Bonchev–Trinajstić information content (AvgIpc) is 2.90. The third kappa shape index (κ3) is 23.7. The van der Waals surface area contributed by atoms with E-state index in [4.69, 9.17) is 0 Å². The second-order valence-corrected chi connectivity index (χ2v) is 10.6. The van der Waals surface area contributed by atoms with Gasteiger partial charge in [-0.15, -0.1) is 0 Å². The lowest BCUT2D eigenvalue weighted by molar-refractivity contribution is -0.124. The molecular weight excluding hydrogens is 462 g/mol. The fourth-order valence-corrected chi connectivity index (χ4v) is 4.51. The Morgan fingerprint density at radius 2 is 1.08 bits per heavy atom. The van der Waals surface area contributed by atoms with Crippen LogP contribution in [0.3, 0.4) is 0 Å². The van der Waals surface area contributed by atoms with Gasteiger partial charge in [-0.25, -0.2) is 0 Å². The normalized spacial score (nSPS) is 14.4. The summed E-state index contributed by atoms with van der Waals surface area (Å²) in [4.78, 5) is 12.2. The van der Waals surface area contributed by atoms with Crippen molar-refractivity contribution in [2.45, 2.75) is 167 Å². The zero-order valence-corrected chi connectivity index (χ0v) is 24.3. The van der Waals surface area contributed by atoms with Crippen molar-refractivity contribution in [1.29, 1.82) is 0 Å². The number of rotatable bonds is 27. The molecule has 4 N–H and O–H groups in total. The number of allylic oxidation sites excluding steroid dienone is 4. The summed E-state index contributed by atoms with van der Waals surface area (Å²) in [5, 5.41) is 33.0. The summed E-state index contributed by atoms with van der Waals surface area (Å²) in [6.07, 6.45) is 29.8. The van der Waals surface area contributed by atoms with Crippen LogP contribution in [0.15, 0.2) is 24.3 Å². The van der Waals surface area contributed by atoms with Crippen LogP contribution in [0.2, 0.25) is 0 Å². The van der Waals surface area contributed by atoms with Gasteiger partial charge in [-0.1, -0.05) is 102 Å². The van der Waals surface area contributed by atoms with Crippen LogP contribution in [0.4, 0.5) is 0 Å². The molecule has 0 spiro atoms. The quantitative estimate of drug-likeness (QED) is 0.0661. The summed E-state index contributed by atoms with van der Waals surface area (Å²) in [7, 11) is 0. The van der Waals surface area contributed by atoms with Crippen LogP contribution in [0.25, 0.3) is 0 Å². The highest BCUT2D eigenvalue weighted by Crippen LogP contribution is 2.12.